The lowest BCUT2D eigenvalue weighted by Crippen LogP contribution is -2.36. The van der Waals surface area contributed by atoms with E-state index in [0.29, 0.717) is 53.9 Å². The summed E-state index contributed by atoms with van der Waals surface area (Å²) < 4.78 is 27.7. The molecule has 35 heavy (non-hydrogen) atoms. The first-order valence-corrected chi connectivity index (χ1v) is 11.5. The molecule has 0 radical (unpaired) electrons. The van der Waals surface area contributed by atoms with Crippen molar-refractivity contribution in [2.45, 2.75) is 25.0 Å². The van der Waals surface area contributed by atoms with Gasteiger partial charge in [0.1, 0.15) is 19.0 Å². The molecule has 3 aliphatic heterocycles. The second-order valence-electron chi connectivity index (χ2n) is 8.56. The molecule has 2 saturated heterocycles. The summed E-state index contributed by atoms with van der Waals surface area (Å²) in [4.78, 5) is 28.0. The number of carbonyl (C=O) groups is 2. The van der Waals surface area contributed by atoms with Gasteiger partial charge in [0.15, 0.2) is 23.0 Å². The van der Waals surface area contributed by atoms with Gasteiger partial charge in [-0.25, -0.2) is 0 Å². The Balaban J connectivity index is 1.62. The lowest BCUT2D eigenvalue weighted by atomic mass is 9.94. The quantitative estimate of drug-likeness (QED) is 0.382. The molecule has 1 amide bonds. The van der Waals surface area contributed by atoms with Crippen molar-refractivity contribution < 1.29 is 38.4 Å². The van der Waals surface area contributed by atoms with Crippen LogP contribution in [-0.4, -0.2) is 68.4 Å². The zero-order chi connectivity index (χ0) is 24.5. The average Bonchev–Trinajstić information content (AvgIpc) is 3.50. The number of carbonyl (C=O) groups excluding carboxylic acids is 2. The van der Waals surface area contributed by atoms with Crippen molar-refractivity contribution in [3.63, 3.8) is 0 Å². The number of nitrogens with zero attached hydrogens (tertiary/aromatic N) is 1. The molecular weight excluding hydrogens is 454 g/mol. The van der Waals surface area contributed by atoms with E-state index in [0.717, 1.165) is 12.8 Å². The summed E-state index contributed by atoms with van der Waals surface area (Å²) in [5.41, 5.74) is 0.964. The van der Waals surface area contributed by atoms with E-state index < -0.39 is 17.7 Å². The van der Waals surface area contributed by atoms with E-state index in [9.17, 15) is 14.7 Å². The number of aliphatic hydroxyl groups is 1. The van der Waals surface area contributed by atoms with Gasteiger partial charge in [-0.1, -0.05) is 6.07 Å². The molecule has 2 fully saturated rings. The number of likely N-dealkylation sites (tertiary alicyclic amines) is 1. The highest BCUT2D eigenvalue weighted by Gasteiger charge is 2.47. The molecular formula is C26H27NO8. The van der Waals surface area contributed by atoms with Crippen molar-refractivity contribution in [3.05, 3.63) is 53.1 Å². The van der Waals surface area contributed by atoms with E-state index in [1.807, 2.05) is 0 Å². The molecule has 2 atom stereocenters. The minimum Gasteiger partial charge on any atom is -0.507 e. The largest absolute Gasteiger partial charge is 0.507 e. The minimum absolute atomic E-state index is 0.00288. The summed E-state index contributed by atoms with van der Waals surface area (Å²) in [5.74, 6) is 0.273. The molecule has 3 aliphatic rings. The van der Waals surface area contributed by atoms with Gasteiger partial charge in [-0.05, 0) is 48.7 Å². The molecule has 0 unspecified atom stereocenters. The Hall–Kier alpha value is -3.72. The summed E-state index contributed by atoms with van der Waals surface area (Å²) >= 11 is 0. The van der Waals surface area contributed by atoms with Gasteiger partial charge in [0.2, 0.25) is 0 Å². The van der Waals surface area contributed by atoms with Crippen molar-refractivity contribution in [3.8, 4) is 23.0 Å². The number of methoxy groups -OCH3 is 2. The van der Waals surface area contributed by atoms with Crippen LogP contribution in [0.15, 0.2) is 42.0 Å². The van der Waals surface area contributed by atoms with E-state index in [2.05, 4.69) is 0 Å². The molecule has 5 rings (SSSR count). The van der Waals surface area contributed by atoms with Gasteiger partial charge in [0, 0.05) is 18.7 Å². The summed E-state index contributed by atoms with van der Waals surface area (Å²) in [5, 5.41) is 11.3. The van der Waals surface area contributed by atoms with E-state index in [-0.39, 0.29) is 24.0 Å². The molecule has 0 saturated carbocycles. The summed E-state index contributed by atoms with van der Waals surface area (Å²) in [6.07, 6.45) is 1.52. The van der Waals surface area contributed by atoms with Gasteiger partial charge < -0.3 is 33.7 Å². The van der Waals surface area contributed by atoms with Crippen LogP contribution in [0.5, 0.6) is 23.0 Å². The third-order valence-electron chi connectivity index (χ3n) is 6.50. The number of rotatable bonds is 6. The number of hydrogen-bond donors (Lipinski definition) is 1. The van der Waals surface area contributed by atoms with Crippen molar-refractivity contribution >= 4 is 17.4 Å². The number of hydrogen-bond acceptors (Lipinski definition) is 8. The van der Waals surface area contributed by atoms with Gasteiger partial charge in [0.05, 0.1) is 31.9 Å². The second-order valence-corrected chi connectivity index (χ2v) is 8.56. The zero-order valence-electron chi connectivity index (χ0n) is 19.6. The highest BCUT2D eigenvalue weighted by Crippen LogP contribution is 2.43. The lowest BCUT2D eigenvalue weighted by molar-refractivity contribution is -0.140. The number of ketones is 1. The van der Waals surface area contributed by atoms with Crippen molar-refractivity contribution in [1.82, 2.24) is 4.90 Å². The van der Waals surface area contributed by atoms with E-state index in [4.69, 9.17) is 23.7 Å². The van der Waals surface area contributed by atoms with Gasteiger partial charge in [-0.3, -0.25) is 9.59 Å². The Bertz CT molecular complexity index is 1180. The first-order valence-electron chi connectivity index (χ1n) is 11.5. The van der Waals surface area contributed by atoms with Crippen LogP contribution >= 0.6 is 0 Å². The molecule has 9 heteroatoms. The molecule has 2 aromatic carbocycles. The molecule has 1 N–H and O–H groups in total. The molecule has 3 heterocycles. The average molecular weight is 482 g/mol. The molecule has 0 aliphatic carbocycles. The molecule has 0 bridgehead atoms. The van der Waals surface area contributed by atoms with Crippen LogP contribution in [0.3, 0.4) is 0 Å². The molecule has 184 valence electrons. The van der Waals surface area contributed by atoms with E-state index in [1.54, 1.807) is 36.4 Å². The van der Waals surface area contributed by atoms with Crippen LogP contribution in [0.2, 0.25) is 0 Å². The predicted molar refractivity (Wildman–Crippen MR) is 125 cm³/mol. The normalized spacial score (nSPS) is 23.0. The zero-order valence-corrected chi connectivity index (χ0v) is 19.6. The Kier molecular flexibility index (Phi) is 6.25. The number of aliphatic hydroxyl groups excluding tert-OH is 1. The Morgan fingerprint density at radius 2 is 1.77 bits per heavy atom. The Morgan fingerprint density at radius 1 is 1.00 bits per heavy atom. The molecule has 2 aromatic rings. The fourth-order valence-electron chi connectivity index (χ4n) is 4.79. The topological polar surface area (TPSA) is 104 Å². The molecule has 0 spiro atoms. The number of fused-ring (bicyclic) bond motifs is 1. The Morgan fingerprint density at radius 3 is 2.49 bits per heavy atom. The van der Waals surface area contributed by atoms with Crippen LogP contribution in [0.4, 0.5) is 0 Å². The van der Waals surface area contributed by atoms with E-state index in [1.165, 1.54) is 19.1 Å². The Labute approximate surface area is 202 Å². The number of amides is 1. The van der Waals surface area contributed by atoms with Crippen LogP contribution < -0.4 is 18.9 Å². The maximum atomic E-state index is 13.3. The van der Waals surface area contributed by atoms with Crippen LogP contribution in [-0.2, 0) is 14.3 Å². The van der Waals surface area contributed by atoms with Crippen molar-refractivity contribution in [2.75, 3.05) is 40.6 Å². The number of Topliss-reactive ketones (excluding diaryl/α,β-unsaturated/α-hetero) is 1. The first kappa shape index (κ1) is 23.0. The van der Waals surface area contributed by atoms with Gasteiger partial charge >= 0.3 is 0 Å². The highest BCUT2D eigenvalue weighted by atomic mass is 16.6. The fraction of sp³-hybridized carbons (Fsp3) is 0.385. The third-order valence-corrected chi connectivity index (χ3v) is 6.50. The van der Waals surface area contributed by atoms with Crippen LogP contribution in [0.25, 0.3) is 5.76 Å². The lowest BCUT2D eigenvalue weighted by Gasteiger charge is -2.28. The monoisotopic (exact) mass is 481 g/mol. The summed E-state index contributed by atoms with van der Waals surface area (Å²) in [6.45, 7) is 1.68. The third kappa shape index (κ3) is 4.16. The second kappa shape index (κ2) is 9.50. The van der Waals surface area contributed by atoms with Gasteiger partial charge in [0.25, 0.3) is 11.7 Å². The molecule has 0 aromatic heterocycles. The minimum atomic E-state index is -0.827. The highest BCUT2D eigenvalue weighted by molar-refractivity contribution is 6.46. The number of ether oxygens (including phenoxy) is 5. The summed E-state index contributed by atoms with van der Waals surface area (Å²) in [6, 6.07) is 9.30. The SMILES string of the molecule is COc1ccc([C@@H]2C(=C(O)c3ccc4c(c3)OCCO4)C(=O)C(=O)N2C[C@H]2CCCO2)cc1OC. The van der Waals surface area contributed by atoms with E-state index >= 15 is 0 Å². The summed E-state index contributed by atoms with van der Waals surface area (Å²) in [7, 11) is 3.04. The molecule has 9 nitrogen and oxygen atoms in total. The van der Waals surface area contributed by atoms with Crippen LogP contribution in [0.1, 0.15) is 30.0 Å². The number of benzene rings is 2. The smallest absolute Gasteiger partial charge is 0.295 e. The maximum absolute atomic E-state index is 13.3. The predicted octanol–water partition coefficient (Wildman–Crippen LogP) is 3.08. The van der Waals surface area contributed by atoms with Gasteiger partial charge in [-0.15, -0.1) is 0 Å². The van der Waals surface area contributed by atoms with Crippen LogP contribution in [0, 0.1) is 0 Å². The van der Waals surface area contributed by atoms with Crippen molar-refractivity contribution in [1.29, 1.82) is 0 Å². The van der Waals surface area contributed by atoms with Crippen molar-refractivity contribution in [2.24, 2.45) is 0 Å². The van der Waals surface area contributed by atoms with Gasteiger partial charge in [-0.2, -0.15) is 0 Å². The first-order chi connectivity index (χ1) is 17.0. The maximum Gasteiger partial charge on any atom is 0.295 e. The fourth-order valence-corrected chi connectivity index (χ4v) is 4.79. The standard InChI is InChI=1S/C26H27NO8/c1-31-18-7-5-15(12-20(18)32-2)23-22(25(29)26(30)27(23)14-17-4-3-9-33-17)24(28)16-6-8-19-21(13-16)35-11-10-34-19/h5-8,12-13,17,23,28H,3-4,9-11,14H2,1-2H3/t17-,23-/m1/s1.